The molecule has 1 fully saturated rings. The Morgan fingerprint density at radius 3 is 2.94 bits per heavy atom. The summed E-state index contributed by atoms with van der Waals surface area (Å²) in [5.74, 6) is 0.206. The number of hydrogen-bond acceptors (Lipinski definition) is 6. The molecule has 1 saturated heterocycles. The highest BCUT2D eigenvalue weighted by atomic mass is 35.5. The highest BCUT2D eigenvalue weighted by molar-refractivity contribution is 6.31. The third kappa shape index (κ3) is 3.96. The highest BCUT2D eigenvalue weighted by Gasteiger charge is 2.33. The summed E-state index contributed by atoms with van der Waals surface area (Å²) < 4.78 is 1.61. The molecule has 0 spiro atoms. The van der Waals surface area contributed by atoms with Crippen molar-refractivity contribution in [1.82, 2.24) is 24.6 Å². The summed E-state index contributed by atoms with van der Waals surface area (Å²) in [6, 6.07) is 10.7. The van der Waals surface area contributed by atoms with Crippen LogP contribution < -0.4 is 11.1 Å². The second-order valence-corrected chi connectivity index (χ2v) is 8.30. The maximum absolute atomic E-state index is 13.2. The Bertz CT molecular complexity index is 1370. The number of hydroxylamine groups is 2. The predicted octanol–water partition coefficient (Wildman–Crippen LogP) is 4.55. The number of urea groups is 1. The maximum Gasteiger partial charge on any atom is 0.346 e. The van der Waals surface area contributed by atoms with E-state index in [4.69, 9.17) is 22.2 Å². The fourth-order valence-electron chi connectivity index (χ4n) is 4.00. The first kappa shape index (κ1) is 21.2. The molecule has 0 saturated carbocycles. The first-order chi connectivity index (χ1) is 15.9. The molecule has 3 aromatic heterocycles. The summed E-state index contributed by atoms with van der Waals surface area (Å²) >= 11 is 6.30. The van der Waals surface area contributed by atoms with Gasteiger partial charge in [0.1, 0.15) is 0 Å². The van der Waals surface area contributed by atoms with Crippen LogP contribution in [0.1, 0.15) is 29.3 Å². The van der Waals surface area contributed by atoms with E-state index >= 15 is 0 Å². The average Bonchev–Trinajstić information content (AvgIpc) is 3.42. The Morgan fingerprint density at radius 2 is 2.09 bits per heavy atom. The van der Waals surface area contributed by atoms with Crippen molar-refractivity contribution < 1.29 is 9.63 Å². The molecule has 1 aromatic carbocycles. The number of benzene rings is 1. The number of nitrogens with one attached hydrogen (secondary N) is 1. The van der Waals surface area contributed by atoms with Crippen LogP contribution in [-0.4, -0.2) is 37.3 Å². The van der Waals surface area contributed by atoms with Gasteiger partial charge in [0.05, 0.1) is 24.0 Å². The van der Waals surface area contributed by atoms with Gasteiger partial charge in [-0.05, 0) is 49.2 Å². The van der Waals surface area contributed by atoms with Crippen LogP contribution in [0, 0.1) is 13.8 Å². The van der Waals surface area contributed by atoms with Crippen LogP contribution in [0.5, 0.6) is 0 Å². The summed E-state index contributed by atoms with van der Waals surface area (Å²) in [4.78, 5) is 27.4. The smallest absolute Gasteiger partial charge is 0.346 e. The number of carbonyl (C=O) groups excluding carboxylic acids is 1. The fraction of sp³-hybridized carbons (Fsp3) is 0.217. The number of nitrogen functional groups attached to an aromatic ring is 1. The van der Waals surface area contributed by atoms with Gasteiger partial charge in [-0.25, -0.2) is 9.31 Å². The van der Waals surface area contributed by atoms with Crippen LogP contribution >= 0.6 is 11.6 Å². The summed E-state index contributed by atoms with van der Waals surface area (Å²) in [6.45, 7) is 4.23. The lowest BCUT2D eigenvalue weighted by molar-refractivity contribution is -0.0830. The van der Waals surface area contributed by atoms with Gasteiger partial charge in [-0.1, -0.05) is 23.7 Å². The molecule has 3 N–H and O–H groups in total. The zero-order valence-electron chi connectivity index (χ0n) is 18.1. The highest BCUT2D eigenvalue weighted by Crippen LogP contribution is 2.35. The standard InChI is InChI=1S/C23H22ClN7O2/c1-13-17(4-3-5-18(13)24)20-8-9-33-31(20)23(32)27-19-10-16(11-26-14(19)2)15-6-7-21-28-22(25)29-30(21)12-15/h3-7,10-12,20H,8-9H2,1-2H3,(H2,25,29)(H,27,32). The summed E-state index contributed by atoms with van der Waals surface area (Å²) in [7, 11) is 0. The van der Waals surface area contributed by atoms with E-state index in [2.05, 4.69) is 20.4 Å². The Kier molecular flexibility index (Phi) is 5.35. The molecule has 9 nitrogen and oxygen atoms in total. The Balaban J connectivity index is 1.41. The third-order valence-corrected chi connectivity index (χ3v) is 6.19. The number of pyridine rings is 2. The van der Waals surface area contributed by atoms with E-state index in [0.29, 0.717) is 35.1 Å². The van der Waals surface area contributed by atoms with Gasteiger partial charge >= 0.3 is 6.03 Å². The summed E-state index contributed by atoms with van der Waals surface area (Å²) in [5.41, 5.74) is 11.2. The molecule has 33 heavy (non-hydrogen) atoms. The molecule has 5 rings (SSSR count). The van der Waals surface area contributed by atoms with Gasteiger partial charge in [0.2, 0.25) is 5.95 Å². The SMILES string of the molecule is Cc1ncc(-c2ccc3nc(N)nn3c2)cc1NC(=O)N1OCCC1c1cccc(Cl)c1C. The molecule has 4 aromatic rings. The lowest BCUT2D eigenvalue weighted by Gasteiger charge is -2.25. The largest absolute Gasteiger partial charge is 0.366 e. The van der Waals surface area contributed by atoms with Gasteiger partial charge in [-0.15, -0.1) is 5.10 Å². The molecule has 1 aliphatic rings. The number of carbonyl (C=O) groups is 1. The van der Waals surface area contributed by atoms with Crippen LogP contribution in [0.3, 0.4) is 0 Å². The Hall–Kier alpha value is -3.69. The minimum Gasteiger partial charge on any atom is -0.366 e. The van der Waals surface area contributed by atoms with Crippen molar-refractivity contribution in [3.05, 3.63) is 70.6 Å². The Morgan fingerprint density at radius 1 is 1.24 bits per heavy atom. The lowest BCUT2D eigenvalue weighted by Crippen LogP contribution is -2.34. The minimum atomic E-state index is -0.363. The van der Waals surface area contributed by atoms with E-state index in [1.165, 1.54) is 5.06 Å². The molecule has 10 heteroatoms. The number of aromatic nitrogens is 4. The number of anilines is 2. The van der Waals surface area contributed by atoms with Crippen LogP contribution in [-0.2, 0) is 4.84 Å². The van der Waals surface area contributed by atoms with E-state index < -0.39 is 0 Å². The predicted molar refractivity (Wildman–Crippen MR) is 126 cm³/mol. The number of halogens is 1. The van der Waals surface area contributed by atoms with E-state index in [9.17, 15) is 4.79 Å². The average molecular weight is 464 g/mol. The number of nitrogens with zero attached hydrogens (tertiary/aromatic N) is 5. The van der Waals surface area contributed by atoms with E-state index in [0.717, 1.165) is 22.3 Å². The minimum absolute atomic E-state index is 0.206. The Labute approximate surface area is 195 Å². The number of aryl methyl sites for hydroxylation is 1. The van der Waals surface area contributed by atoms with E-state index in [1.54, 1.807) is 10.7 Å². The molecular weight excluding hydrogens is 442 g/mol. The zero-order chi connectivity index (χ0) is 23.1. The van der Waals surface area contributed by atoms with Crippen molar-refractivity contribution >= 4 is 34.9 Å². The monoisotopic (exact) mass is 463 g/mol. The van der Waals surface area contributed by atoms with Crippen LogP contribution in [0.25, 0.3) is 16.8 Å². The van der Waals surface area contributed by atoms with Gasteiger partial charge in [0.25, 0.3) is 0 Å². The molecule has 0 aliphatic carbocycles. The molecule has 0 bridgehead atoms. The first-order valence-corrected chi connectivity index (χ1v) is 10.9. The van der Waals surface area contributed by atoms with Crippen LogP contribution in [0.2, 0.25) is 5.02 Å². The third-order valence-electron chi connectivity index (χ3n) is 5.78. The molecule has 1 aliphatic heterocycles. The molecular formula is C23H22ClN7O2. The van der Waals surface area contributed by atoms with Gasteiger partial charge in [-0.3, -0.25) is 9.82 Å². The van der Waals surface area contributed by atoms with E-state index in [-0.39, 0.29) is 18.0 Å². The molecule has 0 radical (unpaired) electrons. The molecule has 168 valence electrons. The molecule has 1 atom stereocenters. The second-order valence-electron chi connectivity index (χ2n) is 7.90. The van der Waals surface area contributed by atoms with Crippen molar-refractivity contribution in [3.63, 3.8) is 0 Å². The van der Waals surface area contributed by atoms with Gasteiger partial charge in [0, 0.05) is 35.0 Å². The molecule has 2 amide bonds. The lowest BCUT2D eigenvalue weighted by atomic mass is 9.99. The topological polar surface area (TPSA) is 111 Å². The summed E-state index contributed by atoms with van der Waals surface area (Å²) in [6.07, 6.45) is 4.25. The van der Waals surface area contributed by atoms with Crippen molar-refractivity contribution in [1.29, 1.82) is 0 Å². The maximum atomic E-state index is 13.2. The van der Waals surface area contributed by atoms with Crippen LogP contribution in [0.4, 0.5) is 16.4 Å². The second kappa shape index (κ2) is 8.34. The van der Waals surface area contributed by atoms with Gasteiger partial charge in [0.15, 0.2) is 5.65 Å². The van der Waals surface area contributed by atoms with Crippen molar-refractivity contribution in [3.8, 4) is 11.1 Å². The van der Waals surface area contributed by atoms with E-state index in [1.807, 2.05) is 56.4 Å². The van der Waals surface area contributed by atoms with Crippen molar-refractivity contribution in [2.24, 2.45) is 0 Å². The fourth-order valence-corrected chi connectivity index (χ4v) is 4.18. The number of nitrogens with two attached hydrogens (primary N) is 1. The first-order valence-electron chi connectivity index (χ1n) is 10.5. The molecule has 1 unspecified atom stereocenters. The number of rotatable bonds is 3. The quantitative estimate of drug-likeness (QED) is 0.461. The molecule has 4 heterocycles. The van der Waals surface area contributed by atoms with Gasteiger partial charge in [-0.2, -0.15) is 10.0 Å². The normalized spacial score (nSPS) is 15.8. The van der Waals surface area contributed by atoms with Crippen molar-refractivity contribution in [2.75, 3.05) is 17.7 Å². The zero-order valence-corrected chi connectivity index (χ0v) is 18.9. The number of fused-ring (bicyclic) bond motifs is 1. The number of amides is 2. The van der Waals surface area contributed by atoms with Crippen molar-refractivity contribution in [2.45, 2.75) is 26.3 Å². The number of hydrogen-bond donors (Lipinski definition) is 2. The summed E-state index contributed by atoms with van der Waals surface area (Å²) in [5, 5.41) is 9.15. The van der Waals surface area contributed by atoms with Crippen LogP contribution in [0.15, 0.2) is 48.8 Å². The van der Waals surface area contributed by atoms with Gasteiger partial charge < -0.3 is 11.1 Å².